The second kappa shape index (κ2) is 10.0. The number of aromatic nitrogens is 5. The van der Waals surface area contributed by atoms with Crippen molar-refractivity contribution < 1.29 is 18.3 Å². The smallest absolute Gasteiger partial charge is 0.282 e. The van der Waals surface area contributed by atoms with Crippen LogP contribution in [0.25, 0.3) is 5.65 Å². The zero-order valence-electron chi connectivity index (χ0n) is 20.2. The average Bonchev–Trinajstić information content (AvgIpc) is 3.49. The van der Waals surface area contributed by atoms with Gasteiger partial charge in [0.2, 0.25) is 0 Å². The Hall–Kier alpha value is -2.88. The van der Waals surface area contributed by atoms with Gasteiger partial charge in [0.1, 0.15) is 11.5 Å². The SMILES string of the molecule is CC(C)C1CCC(n2cc(CC(=O)c3cnn4ccc(N5CCOCC5)nc34)c(C(F)F)n2)CC1. The number of hydrogen-bond acceptors (Lipinski definition) is 6. The zero-order chi connectivity index (χ0) is 24.5. The number of carbonyl (C=O) groups is 1. The van der Waals surface area contributed by atoms with E-state index < -0.39 is 6.43 Å². The lowest BCUT2D eigenvalue weighted by atomic mass is 9.80. The maximum Gasteiger partial charge on any atom is 0.282 e. The van der Waals surface area contributed by atoms with Crippen molar-refractivity contribution in [2.75, 3.05) is 31.2 Å². The van der Waals surface area contributed by atoms with Crippen LogP contribution in [0.2, 0.25) is 0 Å². The maximum atomic E-state index is 13.8. The fourth-order valence-electron chi connectivity index (χ4n) is 5.28. The van der Waals surface area contributed by atoms with Crippen LogP contribution in [0.1, 0.15) is 73.6 Å². The highest BCUT2D eigenvalue weighted by atomic mass is 19.3. The Morgan fingerprint density at radius 2 is 1.91 bits per heavy atom. The van der Waals surface area contributed by atoms with E-state index in [1.807, 2.05) is 6.07 Å². The molecule has 0 amide bonds. The van der Waals surface area contributed by atoms with E-state index >= 15 is 0 Å². The molecule has 4 heterocycles. The summed E-state index contributed by atoms with van der Waals surface area (Å²) < 4.78 is 36.3. The Kier molecular flexibility index (Phi) is 6.82. The van der Waals surface area contributed by atoms with Gasteiger partial charge in [-0.15, -0.1) is 0 Å². The van der Waals surface area contributed by atoms with Crippen LogP contribution in [-0.4, -0.2) is 56.5 Å². The van der Waals surface area contributed by atoms with Crippen LogP contribution in [0.3, 0.4) is 0 Å². The summed E-state index contributed by atoms with van der Waals surface area (Å²) in [5.41, 5.74) is 0.727. The summed E-state index contributed by atoms with van der Waals surface area (Å²) >= 11 is 0. The second-order valence-corrected chi connectivity index (χ2v) is 9.94. The van der Waals surface area contributed by atoms with Crippen LogP contribution >= 0.6 is 0 Å². The van der Waals surface area contributed by atoms with Crippen LogP contribution < -0.4 is 4.90 Å². The van der Waals surface area contributed by atoms with Gasteiger partial charge in [0.05, 0.1) is 31.0 Å². The van der Waals surface area contributed by atoms with Crippen molar-refractivity contribution in [1.82, 2.24) is 24.4 Å². The molecule has 0 atom stereocenters. The van der Waals surface area contributed by atoms with Gasteiger partial charge in [0.25, 0.3) is 6.43 Å². The van der Waals surface area contributed by atoms with Crippen molar-refractivity contribution in [2.24, 2.45) is 11.8 Å². The summed E-state index contributed by atoms with van der Waals surface area (Å²) in [4.78, 5) is 20.0. The van der Waals surface area contributed by atoms with Gasteiger partial charge in [-0.1, -0.05) is 13.8 Å². The molecule has 1 aliphatic carbocycles. The molecule has 0 spiro atoms. The number of ether oxygens (including phenoxy) is 1. The molecule has 1 aliphatic heterocycles. The molecule has 3 aromatic rings. The number of nitrogens with zero attached hydrogens (tertiary/aromatic N) is 6. The monoisotopic (exact) mass is 486 g/mol. The first-order chi connectivity index (χ1) is 16.9. The quantitative estimate of drug-likeness (QED) is 0.457. The largest absolute Gasteiger partial charge is 0.378 e. The topological polar surface area (TPSA) is 77.5 Å². The van der Waals surface area contributed by atoms with E-state index in [9.17, 15) is 13.6 Å². The van der Waals surface area contributed by atoms with E-state index in [4.69, 9.17) is 4.74 Å². The highest BCUT2D eigenvalue weighted by molar-refractivity contribution is 6.02. The molecule has 2 fully saturated rings. The van der Waals surface area contributed by atoms with Crippen molar-refractivity contribution in [3.8, 4) is 0 Å². The number of carbonyl (C=O) groups excluding carboxylic acids is 1. The number of ketones is 1. The van der Waals surface area contributed by atoms with Crippen molar-refractivity contribution in [3.63, 3.8) is 0 Å². The lowest BCUT2D eigenvalue weighted by molar-refractivity contribution is 0.0992. The lowest BCUT2D eigenvalue weighted by Gasteiger charge is -2.30. The minimum atomic E-state index is -2.74. The van der Waals surface area contributed by atoms with Crippen molar-refractivity contribution >= 4 is 17.2 Å². The average molecular weight is 487 g/mol. The Morgan fingerprint density at radius 3 is 2.60 bits per heavy atom. The fraction of sp³-hybridized carbons (Fsp3) is 0.600. The molecule has 0 bridgehead atoms. The first-order valence-corrected chi connectivity index (χ1v) is 12.5. The summed E-state index contributed by atoms with van der Waals surface area (Å²) in [6.07, 6.45) is 5.96. The van der Waals surface area contributed by atoms with Gasteiger partial charge in [-0.25, -0.2) is 18.3 Å². The predicted octanol–water partition coefficient (Wildman–Crippen LogP) is 4.51. The molecule has 0 N–H and O–H groups in total. The summed E-state index contributed by atoms with van der Waals surface area (Å²) in [6.45, 7) is 7.15. The maximum absolute atomic E-state index is 13.8. The Bertz CT molecular complexity index is 1180. The third kappa shape index (κ3) is 4.94. The number of fused-ring (bicyclic) bond motifs is 1. The molecular formula is C25H32F2N6O2. The third-order valence-corrected chi connectivity index (χ3v) is 7.45. The summed E-state index contributed by atoms with van der Waals surface area (Å²) in [6, 6.07) is 1.95. The number of rotatable bonds is 7. The molecule has 0 unspecified atom stereocenters. The highest BCUT2D eigenvalue weighted by Gasteiger charge is 2.28. The van der Waals surface area contributed by atoms with E-state index in [1.54, 1.807) is 21.6 Å². The van der Waals surface area contributed by atoms with E-state index in [2.05, 4.69) is 33.9 Å². The molecule has 1 saturated heterocycles. The molecule has 5 rings (SSSR count). The van der Waals surface area contributed by atoms with E-state index in [0.717, 1.165) is 44.6 Å². The molecule has 0 radical (unpaired) electrons. The standard InChI is InChI=1S/C25H32F2N6O2/c1-16(2)17-3-5-19(6-4-17)33-15-18(23(30-33)24(26)27)13-21(34)20-14-28-32-8-7-22(29-25(20)32)31-9-11-35-12-10-31/h7-8,14-17,19,24H,3-6,9-13H2,1-2H3. The number of hydrogen-bond donors (Lipinski definition) is 0. The van der Waals surface area contributed by atoms with Gasteiger partial charge in [-0.05, 0) is 43.6 Å². The van der Waals surface area contributed by atoms with Gasteiger partial charge in [-0.3, -0.25) is 9.48 Å². The van der Waals surface area contributed by atoms with Crippen LogP contribution in [-0.2, 0) is 11.2 Å². The third-order valence-electron chi connectivity index (χ3n) is 7.45. The van der Waals surface area contributed by atoms with Gasteiger partial charge in [-0.2, -0.15) is 10.2 Å². The first kappa shape index (κ1) is 23.8. The summed E-state index contributed by atoms with van der Waals surface area (Å²) in [5.74, 6) is 1.74. The van der Waals surface area contributed by atoms with Gasteiger partial charge in [0, 0.05) is 37.5 Å². The van der Waals surface area contributed by atoms with Crippen molar-refractivity contribution in [2.45, 2.75) is 58.4 Å². The summed E-state index contributed by atoms with van der Waals surface area (Å²) in [7, 11) is 0. The molecule has 188 valence electrons. The van der Waals surface area contributed by atoms with Crippen LogP contribution in [0.15, 0.2) is 24.7 Å². The minimum Gasteiger partial charge on any atom is -0.378 e. The van der Waals surface area contributed by atoms with Crippen LogP contribution in [0, 0.1) is 11.8 Å². The lowest BCUT2D eigenvalue weighted by Crippen LogP contribution is -2.36. The molecule has 3 aromatic heterocycles. The molecule has 2 aliphatic rings. The molecule has 8 nitrogen and oxygen atoms in total. The number of alkyl halides is 2. The van der Waals surface area contributed by atoms with E-state index in [0.29, 0.717) is 36.3 Å². The van der Waals surface area contributed by atoms with Crippen molar-refractivity contribution in [1.29, 1.82) is 0 Å². The summed E-state index contributed by atoms with van der Waals surface area (Å²) in [5, 5.41) is 8.48. The molecular weight excluding hydrogens is 454 g/mol. The van der Waals surface area contributed by atoms with Crippen LogP contribution in [0.5, 0.6) is 0 Å². The van der Waals surface area contributed by atoms with Crippen molar-refractivity contribution in [3.05, 3.63) is 41.5 Å². The number of morpholine rings is 1. The molecule has 0 aromatic carbocycles. The Morgan fingerprint density at radius 1 is 1.17 bits per heavy atom. The zero-order valence-corrected chi connectivity index (χ0v) is 20.2. The number of anilines is 1. The number of Topliss-reactive ketones (excluding diaryl/α,β-unsaturated/α-hetero) is 1. The Balaban J connectivity index is 1.36. The van der Waals surface area contributed by atoms with Gasteiger partial charge >= 0.3 is 0 Å². The minimum absolute atomic E-state index is 0.0982. The fourth-order valence-corrected chi connectivity index (χ4v) is 5.28. The molecule has 1 saturated carbocycles. The van der Waals surface area contributed by atoms with Crippen LogP contribution in [0.4, 0.5) is 14.6 Å². The Labute approximate surface area is 203 Å². The van der Waals surface area contributed by atoms with E-state index in [1.165, 1.54) is 6.20 Å². The molecule has 35 heavy (non-hydrogen) atoms. The first-order valence-electron chi connectivity index (χ1n) is 12.5. The molecule has 10 heteroatoms. The number of halogens is 2. The highest BCUT2D eigenvalue weighted by Crippen LogP contribution is 2.36. The predicted molar refractivity (Wildman–Crippen MR) is 127 cm³/mol. The second-order valence-electron chi connectivity index (χ2n) is 9.94. The normalized spacial score (nSPS) is 21.4. The van der Waals surface area contributed by atoms with Gasteiger partial charge in [0.15, 0.2) is 11.4 Å². The van der Waals surface area contributed by atoms with Gasteiger partial charge < -0.3 is 9.64 Å². The van der Waals surface area contributed by atoms with E-state index in [-0.39, 0.29) is 29.5 Å².